The van der Waals surface area contributed by atoms with Gasteiger partial charge < -0.3 is 15.0 Å². The number of amides is 1. The van der Waals surface area contributed by atoms with Crippen LogP contribution in [0, 0.1) is 6.92 Å². The van der Waals surface area contributed by atoms with Gasteiger partial charge in [-0.2, -0.15) is 0 Å². The van der Waals surface area contributed by atoms with Crippen molar-refractivity contribution < 1.29 is 9.53 Å². The van der Waals surface area contributed by atoms with Crippen molar-refractivity contribution in [2.45, 2.75) is 32.7 Å². The van der Waals surface area contributed by atoms with Crippen LogP contribution in [0.1, 0.15) is 47.7 Å². The maximum absolute atomic E-state index is 13.1. The molecule has 0 bridgehead atoms. The fourth-order valence-corrected chi connectivity index (χ4v) is 3.17. The van der Waals surface area contributed by atoms with Gasteiger partial charge in [-0.3, -0.25) is 4.79 Å². The van der Waals surface area contributed by atoms with E-state index in [1.807, 2.05) is 31.9 Å². The molecule has 0 unspecified atom stereocenters. The molecule has 1 aliphatic heterocycles. The van der Waals surface area contributed by atoms with Crippen LogP contribution in [0.3, 0.4) is 0 Å². The van der Waals surface area contributed by atoms with Gasteiger partial charge in [-0.25, -0.2) is 15.0 Å². The van der Waals surface area contributed by atoms with Gasteiger partial charge in [-0.15, -0.1) is 0 Å². The van der Waals surface area contributed by atoms with Crippen molar-refractivity contribution in [1.29, 1.82) is 0 Å². The summed E-state index contributed by atoms with van der Waals surface area (Å²) in [6, 6.07) is 5.38. The number of nitrogens with zero attached hydrogens (tertiary/aromatic N) is 4. The molecule has 1 amide bonds. The molecule has 1 saturated heterocycles. The van der Waals surface area contributed by atoms with E-state index < -0.39 is 0 Å². The third-order valence-corrected chi connectivity index (χ3v) is 4.25. The number of carbonyl (C=O) groups excluding carboxylic acids is 1. The number of carbonyl (C=O) groups is 1. The number of rotatable bonds is 5. The number of pyridine rings is 1. The number of aryl methyl sites for hydroxylation is 1. The van der Waals surface area contributed by atoms with Crippen molar-refractivity contribution in [2.24, 2.45) is 0 Å². The molecule has 1 aliphatic rings. The molecule has 0 saturated carbocycles. The Kier molecular flexibility index (Phi) is 5.11. The van der Waals surface area contributed by atoms with Gasteiger partial charge >= 0.3 is 0 Å². The Balaban J connectivity index is 1.92. The first kappa shape index (κ1) is 17.1. The minimum Gasteiger partial charge on any atom is -0.477 e. The molecule has 0 aliphatic carbocycles. The summed E-state index contributed by atoms with van der Waals surface area (Å²) in [5, 5.41) is 3.05. The highest BCUT2D eigenvalue weighted by Gasteiger charge is 2.33. The van der Waals surface area contributed by atoms with Gasteiger partial charge in [-0.1, -0.05) is 0 Å². The summed E-state index contributed by atoms with van der Waals surface area (Å²) < 4.78 is 5.52. The standard InChI is InChI=1S/C18H23N5O2/c1-4-25-17-13(7-5-9-20-17)18(24)23-10-6-8-15(23)14-11-16(19-3)22-12(2)21-14/h5,7,9,11,15H,4,6,8,10H2,1-3H3,(H,19,21,22)/t15-/m0/s1. The molecule has 3 rings (SSSR count). The predicted octanol–water partition coefficient (Wildman–Crippen LogP) is 2.60. The molecule has 1 fully saturated rings. The molecule has 2 aromatic rings. The van der Waals surface area contributed by atoms with E-state index in [-0.39, 0.29) is 11.9 Å². The van der Waals surface area contributed by atoms with Crippen LogP contribution < -0.4 is 10.1 Å². The van der Waals surface area contributed by atoms with Crippen LogP contribution in [-0.2, 0) is 0 Å². The third-order valence-electron chi connectivity index (χ3n) is 4.25. The lowest BCUT2D eigenvalue weighted by Crippen LogP contribution is -2.31. The first-order chi connectivity index (χ1) is 12.1. The first-order valence-corrected chi connectivity index (χ1v) is 8.56. The molecule has 1 N–H and O–H groups in total. The van der Waals surface area contributed by atoms with Crippen LogP contribution in [-0.4, -0.2) is 46.0 Å². The van der Waals surface area contributed by atoms with Gasteiger partial charge in [-0.05, 0) is 38.8 Å². The number of hydrogen-bond acceptors (Lipinski definition) is 6. The predicted molar refractivity (Wildman–Crippen MR) is 94.7 cm³/mol. The molecule has 132 valence electrons. The molecule has 3 heterocycles. The van der Waals surface area contributed by atoms with Crippen molar-refractivity contribution in [3.63, 3.8) is 0 Å². The molecule has 2 aromatic heterocycles. The normalized spacial score (nSPS) is 16.8. The highest BCUT2D eigenvalue weighted by Crippen LogP contribution is 2.34. The SMILES string of the molecule is CCOc1ncccc1C(=O)N1CCC[C@H]1c1cc(NC)nc(C)n1. The Bertz CT molecular complexity index is 765. The quantitative estimate of drug-likeness (QED) is 0.900. The highest BCUT2D eigenvalue weighted by molar-refractivity contribution is 5.96. The Morgan fingerprint density at radius 3 is 3.04 bits per heavy atom. The molecule has 1 atom stereocenters. The van der Waals surface area contributed by atoms with E-state index in [9.17, 15) is 4.79 Å². The Morgan fingerprint density at radius 1 is 1.44 bits per heavy atom. The molecule has 0 spiro atoms. The van der Waals surface area contributed by atoms with Crippen molar-refractivity contribution in [1.82, 2.24) is 19.9 Å². The zero-order valence-corrected chi connectivity index (χ0v) is 14.8. The molecule has 7 nitrogen and oxygen atoms in total. The second-order valence-electron chi connectivity index (χ2n) is 5.92. The number of ether oxygens (including phenoxy) is 1. The van der Waals surface area contributed by atoms with Gasteiger partial charge in [0.05, 0.1) is 18.3 Å². The van der Waals surface area contributed by atoms with E-state index in [0.717, 1.165) is 24.4 Å². The zero-order chi connectivity index (χ0) is 17.8. The summed E-state index contributed by atoms with van der Waals surface area (Å²) in [6.07, 6.45) is 3.46. The van der Waals surface area contributed by atoms with Gasteiger partial charge in [0.15, 0.2) is 0 Å². The van der Waals surface area contributed by atoms with Gasteiger partial charge in [0.1, 0.15) is 17.2 Å². The van der Waals surface area contributed by atoms with Crippen LogP contribution >= 0.6 is 0 Å². The average molecular weight is 341 g/mol. The summed E-state index contributed by atoms with van der Waals surface area (Å²) >= 11 is 0. The first-order valence-electron chi connectivity index (χ1n) is 8.56. The lowest BCUT2D eigenvalue weighted by molar-refractivity contribution is 0.0727. The Labute approximate surface area is 147 Å². The maximum Gasteiger partial charge on any atom is 0.259 e. The van der Waals surface area contributed by atoms with Crippen molar-refractivity contribution in [3.05, 3.63) is 41.5 Å². The van der Waals surface area contributed by atoms with E-state index in [4.69, 9.17) is 4.74 Å². The monoisotopic (exact) mass is 341 g/mol. The van der Waals surface area contributed by atoms with Gasteiger partial charge in [0, 0.05) is 25.9 Å². The molecule has 7 heteroatoms. The maximum atomic E-state index is 13.1. The van der Waals surface area contributed by atoms with Crippen molar-refractivity contribution in [2.75, 3.05) is 25.5 Å². The van der Waals surface area contributed by atoms with Crippen LogP contribution in [0.5, 0.6) is 5.88 Å². The highest BCUT2D eigenvalue weighted by atomic mass is 16.5. The van der Waals surface area contributed by atoms with E-state index >= 15 is 0 Å². The summed E-state index contributed by atoms with van der Waals surface area (Å²) in [6.45, 7) is 4.91. The molecule has 0 aromatic carbocycles. The summed E-state index contributed by atoms with van der Waals surface area (Å²) in [4.78, 5) is 28.1. The molecule has 0 radical (unpaired) electrons. The Hall–Kier alpha value is -2.70. The van der Waals surface area contributed by atoms with Crippen molar-refractivity contribution in [3.8, 4) is 5.88 Å². The second-order valence-corrected chi connectivity index (χ2v) is 5.92. The number of anilines is 1. The summed E-state index contributed by atoms with van der Waals surface area (Å²) in [7, 11) is 1.83. The van der Waals surface area contributed by atoms with Crippen LogP contribution in [0.25, 0.3) is 0 Å². The topological polar surface area (TPSA) is 80.2 Å². The fourth-order valence-electron chi connectivity index (χ4n) is 3.17. The van der Waals surface area contributed by atoms with Gasteiger partial charge in [0.25, 0.3) is 5.91 Å². The fraction of sp³-hybridized carbons (Fsp3) is 0.444. The smallest absolute Gasteiger partial charge is 0.259 e. The largest absolute Gasteiger partial charge is 0.477 e. The lowest BCUT2D eigenvalue weighted by atomic mass is 10.1. The summed E-state index contributed by atoms with van der Waals surface area (Å²) in [5.41, 5.74) is 1.36. The van der Waals surface area contributed by atoms with Crippen molar-refractivity contribution >= 4 is 11.7 Å². The van der Waals surface area contributed by atoms with Gasteiger partial charge in [0.2, 0.25) is 5.88 Å². The third kappa shape index (κ3) is 3.55. The van der Waals surface area contributed by atoms with Crippen LogP contribution in [0.4, 0.5) is 5.82 Å². The van der Waals surface area contributed by atoms with E-state index in [1.54, 1.807) is 18.3 Å². The van der Waals surface area contributed by atoms with E-state index in [0.29, 0.717) is 30.4 Å². The molecular weight excluding hydrogens is 318 g/mol. The minimum absolute atomic E-state index is 0.0593. The number of hydrogen-bond donors (Lipinski definition) is 1. The number of aromatic nitrogens is 3. The van der Waals surface area contributed by atoms with Crippen LogP contribution in [0.2, 0.25) is 0 Å². The number of likely N-dealkylation sites (tertiary alicyclic amines) is 1. The van der Waals surface area contributed by atoms with Crippen LogP contribution in [0.15, 0.2) is 24.4 Å². The molecular formula is C18H23N5O2. The number of nitrogens with one attached hydrogen (secondary N) is 1. The van der Waals surface area contributed by atoms with E-state index in [2.05, 4.69) is 20.3 Å². The average Bonchev–Trinajstić information content (AvgIpc) is 3.11. The Morgan fingerprint density at radius 2 is 2.28 bits per heavy atom. The minimum atomic E-state index is -0.0682. The zero-order valence-electron chi connectivity index (χ0n) is 14.8. The molecule has 25 heavy (non-hydrogen) atoms. The van der Waals surface area contributed by atoms with E-state index in [1.165, 1.54) is 0 Å². The summed E-state index contributed by atoms with van der Waals surface area (Å²) in [5.74, 6) is 1.77. The lowest BCUT2D eigenvalue weighted by Gasteiger charge is -2.25. The second kappa shape index (κ2) is 7.46.